The molecule has 0 radical (unpaired) electrons. The van der Waals surface area contributed by atoms with Gasteiger partial charge in [0.1, 0.15) is 0 Å². The largest absolute Gasteiger partial charge is 0.465 e. The average Bonchev–Trinajstić information content (AvgIpc) is 2.75. The summed E-state index contributed by atoms with van der Waals surface area (Å²) in [6.45, 7) is 4.67. The highest BCUT2D eigenvalue weighted by Crippen LogP contribution is 2.28. The molecule has 2 atom stereocenters. The first-order valence-electron chi connectivity index (χ1n) is 5.87. The number of carbonyl (C=O) groups is 1. The third-order valence-corrected chi connectivity index (χ3v) is 5.04. The highest BCUT2D eigenvalue weighted by Gasteiger charge is 2.41. The van der Waals surface area contributed by atoms with Crippen LogP contribution in [0.3, 0.4) is 0 Å². The Balaban J connectivity index is 1.95. The molecule has 0 aliphatic carbocycles. The van der Waals surface area contributed by atoms with Crippen LogP contribution in [0.5, 0.6) is 0 Å². The van der Waals surface area contributed by atoms with Crippen molar-refractivity contribution in [2.45, 2.75) is 6.92 Å². The minimum absolute atomic E-state index is 0.212. The van der Waals surface area contributed by atoms with Crippen LogP contribution in [0.25, 0.3) is 0 Å². The third kappa shape index (κ3) is 2.78. The molecule has 6 nitrogen and oxygen atoms in total. The molecule has 2 fully saturated rings. The average molecular weight is 262 g/mol. The topological polar surface area (TPSA) is 75.7 Å². The highest BCUT2D eigenvalue weighted by molar-refractivity contribution is 7.89. The van der Waals surface area contributed by atoms with Gasteiger partial charge in [-0.1, -0.05) is 0 Å². The van der Waals surface area contributed by atoms with E-state index < -0.39 is 21.7 Å². The van der Waals surface area contributed by atoms with Gasteiger partial charge in [-0.05, 0) is 31.8 Å². The zero-order chi connectivity index (χ0) is 12.5. The van der Waals surface area contributed by atoms with Gasteiger partial charge >= 0.3 is 5.97 Å². The molecule has 2 aliphatic rings. The maximum atomic E-state index is 12.0. The van der Waals surface area contributed by atoms with Crippen LogP contribution in [-0.4, -0.2) is 57.2 Å². The third-order valence-electron chi connectivity index (χ3n) is 3.35. The van der Waals surface area contributed by atoms with Crippen molar-refractivity contribution >= 4 is 16.0 Å². The van der Waals surface area contributed by atoms with Crippen molar-refractivity contribution in [1.29, 1.82) is 0 Å². The fourth-order valence-corrected chi connectivity index (χ4v) is 3.88. The van der Waals surface area contributed by atoms with Crippen molar-refractivity contribution in [2.24, 2.45) is 11.8 Å². The van der Waals surface area contributed by atoms with Crippen molar-refractivity contribution in [3.63, 3.8) is 0 Å². The molecule has 0 spiro atoms. The summed E-state index contributed by atoms with van der Waals surface area (Å²) in [5.41, 5.74) is 0. The van der Waals surface area contributed by atoms with Gasteiger partial charge in [-0.25, -0.2) is 12.7 Å². The molecule has 98 valence electrons. The number of carbonyl (C=O) groups excluding carboxylic acids is 1. The van der Waals surface area contributed by atoms with Crippen molar-refractivity contribution in [3.8, 4) is 0 Å². The molecule has 0 aromatic rings. The number of nitrogens with one attached hydrogen (secondary N) is 1. The van der Waals surface area contributed by atoms with Crippen LogP contribution in [0.2, 0.25) is 0 Å². The SMILES string of the molecule is CCOC(=O)CS(=O)(=O)N1C[C@H]2CNC[C@H]2C1. The van der Waals surface area contributed by atoms with E-state index in [9.17, 15) is 13.2 Å². The fourth-order valence-electron chi connectivity index (χ4n) is 2.48. The van der Waals surface area contributed by atoms with Crippen LogP contribution in [0.15, 0.2) is 0 Å². The minimum Gasteiger partial charge on any atom is -0.465 e. The van der Waals surface area contributed by atoms with E-state index in [0.29, 0.717) is 24.9 Å². The molecule has 0 aromatic carbocycles. The maximum Gasteiger partial charge on any atom is 0.322 e. The second-order valence-electron chi connectivity index (χ2n) is 4.56. The van der Waals surface area contributed by atoms with Crippen molar-refractivity contribution in [2.75, 3.05) is 38.5 Å². The molecule has 1 N–H and O–H groups in total. The van der Waals surface area contributed by atoms with E-state index >= 15 is 0 Å². The number of nitrogens with zero attached hydrogens (tertiary/aromatic N) is 1. The van der Waals surface area contributed by atoms with Gasteiger partial charge in [-0.3, -0.25) is 4.79 Å². The summed E-state index contributed by atoms with van der Waals surface area (Å²) < 4.78 is 30.0. The number of ether oxygens (including phenoxy) is 1. The van der Waals surface area contributed by atoms with Crippen LogP contribution < -0.4 is 5.32 Å². The molecule has 0 aromatic heterocycles. The molecule has 2 aliphatic heterocycles. The van der Waals surface area contributed by atoms with Gasteiger partial charge in [0, 0.05) is 13.1 Å². The Hall–Kier alpha value is -0.660. The van der Waals surface area contributed by atoms with Gasteiger partial charge < -0.3 is 10.1 Å². The predicted molar refractivity (Wildman–Crippen MR) is 61.8 cm³/mol. The first kappa shape index (κ1) is 12.8. The lowest BCUT2D eigenvalue weighted by atomic mass is 10.0. The van der Waals surface area contributed by atoms with Crippen LogP contribution >= 0.6 is 0 Å². The Morgan fingerprint density at radius 2 is 1.94 bits per heavy atom. The zero-order valence-electron chi connectivity index (χ0n) is 9.89. The summed E-state index contributed by atoms with van der Waals surface area (Å²) in [6.07, 6.45) is 0. The Bertz CT molecular complexity index is 383. The van der Waals surface area contributed by atoms with Crippen molar-refractivity contribution in [3.05, 3.63) is 0 Å². The van der Waals surface area contributed by atoms with Gasteiger partial charge in [-0.15, -0.1) is 0 Å². The number of sulfonamides is 1. The number of rotatable bonds is 4. The predicted octanol–water partition coefficient (Wildman–Crippen LogP) is -0.969. The molecule has 2 saturated heterocycles. The molecule has 0 saturated carbocycles. The summed E-state index contributed by atoms with van der Waals surface area (Å²) >= 11 is 0. The van der Waals surface area contributed by atoms with E-state index in [0.717, 1.165) is 13.1 Å². The Labute approximate surface area is 101 Å². The number of hydrogen-bond donors (Lipinski definition) is 1. The van der Waals surface area contributed by atoms with Gasteiger partial charge in [0.25, 0.3) is 0 Å². The number of esters is 1. The summed E-state index contributed by atoms with van der Waals surface area (Å²) in [5.74, 6) is -0.408. The van der Waals surface area contributed by atoms with E-state index in [-0.39, 0.29) is 6.61 Å². The normalized spacial score (nSPS) is 29.2. The second kappa shape index (κ2) is 4.91. The molecule has 0 bridgehead atoms. The molecule has 17 heavy (non-hydrogen) atoms. The van der Waals surface area contributed by atoms with Crippen molar-refractivity contribution < 1.29 is 17.9 Å². The number of fused-ring (bicyclic) bond motifs is 1. The van der Waals surface area contributed by atoms with E-state index in [1.54, 1.807) is 6.92 Å². The molecule has 2 rings (SSSR count). The van der Waals surface area contributed by atoms with Gasteiger partial charge in [0.05, 0.1) is 6.61 Å². The lowest BCUT2D eigenvalue weighted by Crippen LogP contribution is -2.36. The van der Waals surface area contributed by atoms with Crippen LogP contribution in [0, 0.1) is 11.8 Å². The Kier molecular flexibility index (Phi) is 3.70. The van der Waals surface area contributed by atoms with Crippen LogP contribution in [-0.2, 0) is 19.6 Å². The van der Waals surface area contributed by atoms with E-state index in [1.807, 2.05) is 0 Å². The summed E-state index contributed by atoms with van der Waals surface area (Å²) in [4.78, 5) is 11.2. The van der Waals surface area contributed by atoms with Crippen LogP contribution in [0.1, 0.15) is 6.92 Å². The molecular formula is C10H18N2O4S. The molecular weight excluding hydrogens is 244 g/mol. The molecule has 2 heterocycles. The minimum atomic E-state index is -3.49. The standard InChI is InChI=1S/C10H18N2O4S/c1-2-16-10(13)7-17(14,15)12-5-8-3-11-4-9(8)6-12/h8-9,11H,2-7H2,1H3/t8-,9+. The van der Waals surface area contributed by atoms with Crippen LogP contribution in [0.4, 0.5) is 0 Å². The summed E-state index contributed by atoms with van der Waals surface area (Å²) in [7, 11) is -3.49. The molecule has 0 unspecified atom stereocenters. The first-order valence-corrected chi connectivity index (χ1v) is 7.48. The van der Waals surface area contributed by atoms with Gasteiger partial charge in [-0.2, -0.15) is 0 Å². The lowest BCUT2D eigenvalue weighted by molar-refractivity contribution is -0.140. The Morgan fingerprint density at radius 1 is 1.35 bits per heavy atom. The zero-order valence-corrected chi connectivity index (χ0v) is 10.7. The molecule has 0 amide bonds. The van der Waals surface area contributed by atoms with E-state index in [1.165, 1.54) is 4.31 Å². The second-order valence-corrected chi connectivity index (χ2v) is 6.53. The highest BCUT2D eigenvalue weighted by atomic mass is 32.2. The first-order chi connectivity index (χ1) is 8.03. The van der Waals surface area contributed by atoms with E-state index in [4.69, 9.17) is 0 Å². The van der Waals surface area contributed by atoms with Gasteiger partial charge in [0.15, 0.2) is 5.75 Å². The van der Waals surface area contributed by atoms with E-state index in [2.05, 4.69) is 10.1 Å². The maximum absolute atomic E-state index is 12.0. The fraction of sp³-hybridized carbons (Fsp3) is 0.900. The summed E-state index contributed by atoms with van der Waals surface area (Å²) in [5, 5.41) is 3.24. The molecule has 7 heteroatoms. The lowest BCUT2D eigenvalue weighted by Gasteiger charge is -2.16. The van der Waals surface area contributed by atoms with Crippen molar-refractivity contribution in [1.82, 2.24) is 9.62 Å². The monoisotopic (exact) mass is 262 g/mol. The smallest absolute Gasteiger partial charge is 0.322 e. The summed E-state index contributed by atoms with van der Waals surface area (Å²) in [6, 6.07) is 0. The quantitative estimate of drug-likeness (QED) is 0.660. The van der Waals surface area contributed by atoms with Gasteiger partial charge in [0.2, 0.25) is 10.0 Å². The number of hydrogen-bond acceptors (Lipinski definition) is 5. The Morgan fingerprint density at radius 3 is 2.47 bits per heavy atom.